The van der Waals surface area contributed by atoms with Crippen molar-refractivity contribution in [2.75, 3.05) is 31.5 Å². The van der Waals surface area contributed by atoms with Crippen LogP contribution in [0.3, 0.4) is 0 Å². The van der Waals surface area contributed by atoms with Crippen molar-refractivity contribution >= 4 is 17.8 Å². The number of likely N-dealkylation sites (tertiary alicyclic amines) is 1. The number of aromatic nitrogens is 2. The van der Waals surface area contributed by atoms with Crippen LogP contribution in [0.5, 0.6) is 5.75 Å². The van der Waals surface area contributed by atoms with E-state index in [2.05, 4.69) is 30.2 Å². The molecule has 30 heavy (non-hydrogen) atoms. The SMILES string of the molecule is O=C(CN1CC2C(CNC(=O)c3cccc(OC(F)(F)F)c3)C2C1)Nc1ncc[nH]1. The summed E-state index contributed by atoms with van der Waals surface area (Å²) in [5, 5.41) is 5.46. The lowest BCUT2D eigenvalue weighted by molar-refractivity contribution is -0.274. The van der Waals surface area contributed by atoms with Gasteiger partial charge in [-0.3, -0.25) is 19.8 Å². The summed E-state index contributed by atoms with van der Waals surface area (Å²) in [7, 11) is 0. The van der Waals surface area contributed by atoms with Gasteiger partial charge in [0.15, 0.2) is 0 Å². The van der Waals surface area contributed by atoms with Crippen LogP contribution in [0.4, 0.5) is 19.1 Å². The number of carbonyl (C=O) groups excluding carboxylic acids is 2. The van der Waals surface area contributed by atoms with Gasteiger partial charge < -0.3 is 15.0 Å². The molecule has 1 saturated carbocycles. The van der Waals surface area contributed by atoms with Gasteiger partial charge in [0.2, 0.25) is 11.9 Å². The number of nitrogens with zero attached hydrogens (tertiary/aromatic N) is 2. The van der Waals surface area contributed by atoms with Crippen molar-refractivity contribution in [2.45, 2.75) is 6.36 Å². The number of amides is 2. The van der Waals surface area contributed by atoms with Crippen LogP contribution in [-0.4, -0.2) is 59.2 Å². The first-order valence-corrected chi connectivity index (χ1v) is 9.44. The van der Waals surface area contributed by atoms with Gasteiger partial charge in [-0.05, 0) is 36.0 Å². The van der Waals surface area contributed by atoms with Crippen molar-refractivity contribution < 1.29 is 27.5 Å². The highest BCUT2D eigenvalue weighted by molar-refractivity contribution is 5.94. The lowest BCUT2D eigenvalue weighted by atomic mass is 10.2. The molecule has 2 unspecified atom stereocenters. The topological polar surface area (TPSA) is 99.3 Å². The molecule has 2 heterocycles. The number of H-pyrrole nitrogens is 1. The Bertz CT molecular complexity index is 906. The lowest BCUT2D eigenvalue weighted by Crippen LogP contribution is -2.35. The number of benzene rings is 1. The molecule has 1 aliphatic carbocycles. The second-order valence-electron chi connectivity index (χ2n) is 7.46. The molecule has 2 fully saturated rings. The molecule has 3 N–H and O–H groups in total. The summed E-state index contributed by atoms with van der Waals surface area (Å²) in [5.74, 6) is 0.520. The number of carbonyl (C=O) groups is 2. The monoisotopic (exact) mass is 423 g/mol. The maximum atomic E-state index is 12.3. The highest BCUT2D eigenvalue weighted by Crippen LogP contribution is 2.51. The van der Waals surface area contributed by atoms with Crippen LogP contribution in [0, 0.1) is 17.8 Å². The largest absolute Gasteiger partial charge is 0.573 e. The Labute approximate surface area is 169 Å². The molecule has 1 aliphatic heterocycles. The van der Waals surface area contributed by atoms with E-state index < -0.39 is 18.0 Å². The lowest BCUT2D eigenvalue weighted by Gasteiger charge is -2.18. The van der Waals surface area contributed by atoms with E-state index in [1.165, 1.54) is 12.1 Å². The van der Waals surface area contributed by atoms with Crippen molar-refractivity contribution in [1.82, 2.24) is 20.2 Å². The van der Waals surface area contributed by atoms with Crippen molar-refractivity contribution in [3.8, 4) is 5.75 Å². The van der Waals surface area contributed by atoms with Gasteiger partial charge >= 0.3 is 6.36 Å². The number of anilines is 1. The molecule has 2 atom stereocenters. The molecule has 8 nitrogen and oxygen atoms in total. The molecular formula is C19H20F3N5O3. The molecule has 0 spiro atoms. The predicted octanol–water partition coefficient (Wildman–Crippen LogP) is 1.85. The normalized spacial score (nSPS) is 23.0. The third-order valence-electron chi connectivity index (χ3n) is 5.40. The number of imidazole rings is 1. The quantitative estimate of drug-likeness (QED) is 0.631. The van der Waals surface area contributed by atoms with Crippen LogP contribution in [0.1, 0.15) is 10.4 Å². The van der Waals surface area contributed by atoms with Gasteiger partial charge in [0.05, 0.1) is 6.54 Å². The first kappa shape index (κ1) is 20.2. The van der Waals surface area contributed by atoms with E-state index in [1.54, 1.807) is 12.4 Å². The molecule has 1 aromatic carbocycles. The Morgan fingerprint density at radius 2 is 2.03 bits per heavy atom. The van der Waals surface area contributed by atoms with E-state index in [0.717, 1.165) is 25.2 Å². The molecule has 1 saturated heterocycles. The zero-order valence-electron chi connectivity index (χ0n) is 15.8. The van der Waals surface area contributed by atoms with Gasteiger partial charge in [0.1, 0.15) is 5.75 Å². The third-order valence-corrected chi connectivity index (χ3v) is 5.40. The Morgan fingerprint density at radius 1 is 1.27 bits per heavy atom. The standard InChI is InChI=1S/C19H20F3N5O3/c20-19(21,22)30-12-3-1-2-11(6-12)17(29)25-7-13-14-8-27(9-15(13)14)10-16(28)26-18-23-4-5-24-18/h1-6,13-15H,7-10H2,(H,25,29)(H2,23,24,26,28). The van der Waals surface area contributed by atoms with Crippen molar-refractivity contribution in [1.29, 1.82) is 0 Å². The Balaban J connectivity index is 1.20. The summed E-state index contributed by atoms with van der Waals surface area (Å²) in [6.07, 6.45) is -1.63. The number of aromatic amines is 1. The van der Waals surface area contributed by atoms with E-state index in [9.17, 15) is 22.8 Å². The second-order valence-corrected chi connectivity index (χ2v) is 7.46. The minimum absolute atomic E-state index is 0.110. The minimum atomic E-state index is -4.80. The highest BCUT2D eigenvalue weighted by atomic mass is 19.4. The maximum absolute atomic E-state index is 12.3. The van der Waals surface area contributed by atoms with Crippen LogP contribution in [0.25, 0.3) is 0 Å². The molecule has 1 aromatic heterocycles. The summed E-state index contributed by atoms with van der Waals surface area (Å²) < 4.78 is 40.8. The predicted molar refractivity (Wildman–Crippen MR) is 99.6 cm³/mol. The van der Waals surface area contributed by atoms with Crippen molar-refractivity contribution in [2.24, 2.45) is 17.8 Å². The van der Waals surface area contributed by atoms with Crippen molar-refractivity contribution in [3.63, 3.8) is 0 Å². The van der Waals surface area contributed by atoms with E-state index in [-0.39, 0.29) is 18.0 Å². The first-order chi connectivity index (χ1) is 14.3. The van der Waals surface area contributed by atoms with Crippen LogP contribution in [0.2, 0.25) is 0 Å². The van der Waals surface area contributed by atoms with Crippen LogP contribution in [-0.2, 0) is 4.79 Å². The molecule has 160 valence electrons. The summed E-state index contributed by atoms with van der Waals surface area (Å²) in [4.78, 5) is 33.1. The third kappa shape index (κ3) is 4.90. The smallest absolute Gasteiger partial charge is 0.406 e. The number of rotatable bonds is 7. The van der Waals surface area contributed by atoms with Crippen LogP contribution in [0.15, 0.2) is 36.7 Å². The summed E-state index contributed by atoms with van der Waals surface area (Å²) in [6, 6.07) is 4.99. The number of hydrogen-bond acceptors (Lipinski definition) is 5. The van der Waals surface area contributed by atoms with E-state index >= 15 is 0 Å². The average molecular weight is 423 g/mol. The van der Waals surface area contributed by atoms with Gasteiger partial charge in [-0.15, -0.1) is 13.2 Å². The number of hydrogen-bond donors (Lipinski definition) is 3. The molecule has 11 heteroatoms. The molecule has 2 amide bonds. The molecular weight excluding hydrogens is 403 g/mol. The molecule has 0 radical (unpaired) electrons. The number of alkyl halides is 3. The van der Waals surface area contributed by atoms with Gasteiger partial charge in [0, 0.05) is 37.6 Å². The maximum Gasteiger partial charge on any atom is 0.573 e. The number of ether oxygens (including phenoxy) is 1. The van der Waals surface area contributed by atoms with E-state index in [0.29, 0.717) is 30.2 Å². The fraction of sp³-hybridized carbons (Fsp3) is 0.421. The minimum Gasteiger partial charge on any atom is -0.406 e. The zero-order valence-corrected chi connectivity index (χ0v) is 15.8. The molecule has 2 aromatic rings. The number of halogens is 3. The van der Waals surface area contributed by atoms with Crippen LogP contribution >= 0.6 is 0 Å². The summed E-state index contributed by atoms with van der Waals surface area (Å²) in [5.41, 5.74) is 0.110. The number of nitrogens with one attached hydrogen (secondary N) is 3. The summed E-state index contributed by atoms with van der Waals surface area (Å²) >= 11 is 0. The van der Waals surface area contributed by atoms with Crippen LogP contribution < -0.4 is 15.4 Å². The summed E-state index contributed by atoms with van der Waals surface area (Å²) in [6.45, 7) is 2.26. The van der Waals surface area contributed by atoms with Gasteiger partial charge in [0.25, 0.3) is 5.91 Å². The first-order valence-electron chi connectivity index (χ1n) is 9.44. The zero-order chi connectivity index (χ0) is 21.3. The Kier molecular flexibility index (Phi) is 5.37. The second kappa shape index (κ2) is 7.98. The Morgan fingerprint density at radius 3 is 2.70 bits per heavy atom. The molecule has 2 aliphatic rings. The molecule has 0 bridgehead atoms. The molecule has 4 rings (SSSR count). The van der Waals surface area contributed by atoms with E-state index in [4.69, 9.17) is 0 Å². The van der Waals surface area contributed by atoms with Gasteiger partial charge in [-0.2, -0.15) is 0 Å². The Hall–Kier alpha value is -3.08. The van der Waals surface area contributed by atoms with Gasteiger partial charge in [-0.25, -0.2) is 4.98 Å². The highest BCUT2D eigenvalue weighted by Gasteiger charge is 2.55. The van der Waals surface area contributed by atoms with Crippen molar-refractivity contribution in [3.05, 3.63) is 42.2 Å². The fourth-order valence-corrected chi connectivity index (χ4v) is 4.02. The van der Waals surface area contributed by atoms with E-state index in [1.807, 2.05) is 0 Å². The fourth-order valence-electron chi connectivity index (χ4n) is 4.02. The average Bonchev–Trinajstić information content (AvgIpc) is 3.04. The van der Waals surface area contributed by atoms with Gasteiger partial charge in [-0.1, -0.05) is 6.07 Å². The number of piperidine rings is 1. The number of fused-ring (bicyclic) bond motifs is 1.